The van der Waals surface area contributed by atoms with Gasteiger partial charge in [0.15, 0.2) is 5.11 Å². The van der Waals surface area contributed by atoms with Crippen molar-refractivity contribution in [1.82, 2.24) is 19.8 Å². The van der Waals surface area contributed by atoms with Gasteiger partial charge in [0, 0.05) is 36.4 Å². The number of pyridine rings is 1. The van der Waals surface area contributed by atoms with Gasteiger partial charge in [-0.1, -0.05) is 12.1 Å². The summed E-state index contributed by atoms with van der Waals surface area (Å²) in [5, 5.41) is 4.26. The number of ether oxygens (including phenoxy) is 2. The molecule has 1 aromatic carbocycles. The number of aryl methyl sites for hydroxylation is 1. The second-order valence-electron chi connectivity index (χ2n) is 9.12. The van der Waals surface area contributed by atoms with Gasteiger partial charge in [-0.05, 0) is 80.9 Å². The van der Waals surface area contributed by atoms with E-state index in [0.29, 0.717) is 5.56 Å². The molecule has 2 fully saturated rings. The summed E-state index contributed by atoms with van der Waals surface area (Å²) in [5.41, 5.74) is 5.74. The number of hydrogen-bond acceptors (Lipinski definition) is 5. The van der Waals surface area contributed by atoms with Gasteiger partial charge in [-0.15, -0.1) is 0 Å². The standard InChI is InChI=1S/C27H30N4O3S/c1-17-14-22(18(2)31(17)20-9-6-8-19(15-20)26(32)33-3)25-24(23-11-4-5-12-28-23)29-27(35)30(25)16-21-10-7-13-34-21/h4-6,8-9,11-12,14-15,21,24-25H,7,10,13,16H2,1-3H3,(H,29,35)/t21-,24-,25-/m1/s1. The maximum absolute atomic E-state index is 12.1. The Kier molecular flexibility index (Phi) is 6.58. The van der Waals surface area contributed by atoms with Crippen LogP contribution in [-0.4, -0.2) is 51.9 Å². The first-order valence-electron chi connectivity index (χ1n) is 11.9. The number of methoxy groups -OCH3 is 1. The number of carbonyl (C=O) groups is 1. The topological polar surface area (TPSA) is 68.6 Å². The molecule has 0 saturated carbocycles. The van der Waals surface area contributed by atoms with Crippen molar-refractivity contribution in [2.45, 2.75) is 44.9 Å². The van der Waals surface area contributed by atoms with Crippen molar-refractivity contribution in [3.63, 3.8) is 0 Å². The molecule has 0 aliphatic carbocycles. The molecular weight excluding hydrogens is 460 g/mol. The summed E-state index contributed by atoms with van der Waals surface area (Å²) in [6.07, 6.45) is 4.11. The minimum Gasteiger partial charge on any atom is -0.465 e. The smallest absolute Gasteiger partial charge is 0.337 e. The summed E-state index contributed by atoms with van der Waals surface area (Å²) >= 11 is 5.84. The average molecular weight is 491 g/mol. The van der Waals surface area contributed by atoms with Crippen LogP contribution in [0.4, 0.5) is 0 Å². The Morgan fingerprint density at radius 1 is 1.23 bits per heavy atom. The van der Waals surface area contributed by atoms with Crippen LogP contribution in [-0.2, 0) is 9.47 Å². The molecule has 3 aromatic rings. The molecule has 0 bridgehead atoms. The van der Waals surface area contributed by atoms with Gasteiger partial charge >= 0.3 is 5.97 Å². The van der Waals surface area contributed by atoms with Crippen LogP contribution in [0.25, 0.3) is 5.69 Å². The minimum absolute atomic E-state index is 0.0367. The third kappa shape index (κ3) is 4.44. The normalized spacial score (nSPS) is 21.9. The number of hydrogen-bond donors (Lipinski definition) is 1. The van der Waals surface area contributed by atoms with Gasteiger partial charge < -0.3 is 24.3 Å². The van der Waals surface area contributed by atoms with Gasteiger partial charge in [-0.3, -0.25) is 4.98 Å². The lowest BCUT2D eigenvalue weighted by molar-refractivity contribution is 0.0600. The number of thiocarbonyl (C=S) groups is 1. The molecule has 35 heavy (non-hydrogen) atoms. The molecule has 0 amide bonds. The van der Waals surface area contributed by atoms with Crippen LogP contribution in [0.2, 0.25) is 0 Å². The van der Waals surface area contributed by atoms with Crippen LogP contribution >= 0.6 is 12.2 Å². The van der Waals surface area contributed by atoms with E-state index in [0.717, 1.165) is 53.9 Å². The zero-order chi connectivity index (χ0) is 24.5. The highest BCUT2D eigenvalue weighted by atomic mass is 32.1. The van der Waals surface area contributed by atoms with E-state index < -0.39 is 0 Å². The molecule has 2 saturated heterocycles. The maximum atomic E-state index is 12.1. The average Bonchev–Trinajstić information content (AvgIpc) is 3.58. The second-order valence-corrected chi connectivity index (χ2v) is 9.50. The summed E-state index contributed by atoms with van der Waals surface area (Å²) in [5.74, 6) is -0.349. The summed E-state index contributed by atoms with van der Waals surface area (Å²) in [6, 6.07) is 15.6. The van der Waals surface area contributed by atoms with Crippen molar-refractivity contribution < 1.29 is 14.3 Å². The first-order valence-corrected chi connectivity index (χ1v) is 12.4. The van der Waals surface area contributed by atoms with Crippen molar-refractivity contribution in [3.8, 4) is 5.69 Å². The van der Waals surface area contributed by atoms with Gasteiger partial charge in [-0.2, -0.15) is 0 Å². The lowest BCUT2D eigenvalue weighted by atomic mass is 9.96. The molecule has 2 aromatic heterocycles. The third-order valence-electron chi connectivity index (χ3n) is 6.94. The Bertz CT molecular complexity index is 1240. The monoisotopic (exact) mass is 490 g/mol. The quantitative estimate of drug-likeness (QED) is 0.405. The molecule has 182 valence electrons. The van der Waals surface area contributed by atoms with Crippen LogP contribution in [0.3, 0.4) is 0 Å². The fourth-order valence-corrected chi connectivity index (χ4v) is 5.64. The summed E-state index contributed by atoms with van der Waals surface area (Å²) in [4.78, 5) is 19.1. The predicted molar refractivity (Wildman–Crippen MR) is 138 cm³/mol. The molecule has 5 rings (SSSR count). The maximum Gasteiger partial charge on any atom is 0.337 e. The van der Waals surface area contributed by atoms with E-state index in [9.17, 15) is 4.79 Å². The van der Waals surface area contributed by atoms with E-state index in [1.54, 1.807) is 6.07 Å². The Morgan fingerprint density at radius 2 is 2.09 bits per heavy atom. The van der Waals surface area contributed by atoms with Gasteiger partial charge in [0.25, 0.3) is 0 Å². The van der Waals surface area contributed by atoms with Gasteiger partial charge in [-0.25, -0.2) is 4.79 Å². The number of benzene rings is 1. The highest BCUT2D eigenvalue weighted by Crippen LogP contribution is 2.42. The van der Waals surface area contributed by atoms with Crippen LogP contribution in [0.5, 0.6) is 0 Å². The number of esters is 1. The molecule has 4 heterocycles. The van der Waals surface area contributed by atoms with Crippen molar-refractivity contribution >= 4 is 23.3 Å². The van der Waals surface area contributed by atoms with E-state index in [1.807, 2.05) is 42.6 Å². The van der Waals surface area contributed by atoms with Crippen LogP contribution in [0.1, 0.15) is 57.9 Å². The van der Waals surface area contributed by atoms with E-state index in [-0.39, 0.29) is 24.2 Å². The largest absolute Gasteiger partial charge is 0.465 e. The Morgan fingerprint density at radius 3 is 2.80 bits per heavy atom. The van der Waals surface area contributed by atoms with E-state index in [2.05, 4.69) is 39.7 Å². The Labute approximate surface area is 211 Å². The number of rotatable bonds is 6. The molecular formula is C27H30N4O3S. The van der Waals surface area contributed by atoms with Gasteiger partial charge in [0.2, 0.25) is 0 Å². The number of nitrogens with zero attached hydrogens (tertiary/aromatic N) is 3. The lowest BCUT2D eigenvalue weighted by Gasteiger charge is -2.30. The van der Waals surface area contributed by atoms with Crippen molar-refractivity contribution in [2.24, 2.45) is 0 Å². The molecule has 8 heteroatoms. The molecule has 0 unspecified atom stereocenters. The number of aromatic nitrogens is 2. The fourth-order valence-electron chi connectivity index (χ4n) is 5.32. The summed E-state index contributed by atoms with van der Waals surface area (Å²) < 4.78 is 13.1. The summed E-state index contributed by atoms with van der Waals surface area (Å²) in [6.45, 7) is 5.75. The third-order valence-corrected chi connectivity index (χ3v) is 7.29. The van der Waals surface area contributed by atoms with Crippen molar-refractivity contribution in [2.75, 3.05) is 20.3 Å². The van der Waals surface area contributed by atoms with E-state index in [4.69, 9.17) is 21.7 Å². The molecule has 0 spiro atoms. The molecule has 0 radical (unpaired) electrons. The van der Waals surface area contributed by atoms with Gasteiger partial charge in [0.05, 0.1) is 36.6 Å². The molecule has 1 N–H and O–H groups in total. The number of nitrogens with one attached hydrogen (secondary N) is 1. The van der Waals surface area contributed by atoms with Gasteiger partial charge in [0.1, 0.15) is 0 Å². The Hall–Kier alpha value is -3.23. The highest BCUT2D eigenvalue weighted by Gasteiger charge is 2.42. The molecule has 3 atom stereocenters. The highest BCUT2D eigenvalue weighted by molar-refractivity contribution is 7.80. The van der Waals surface area contributed by atoms with Crippen LogP contribution in [0.15, 0.2) is 54.7 Å². The number of carbonyl (C=O) groups excluding carboxylic acids is 1. The molecule has 2 aliphatic rings. The molecule has 7 nitrogen and oxygen atoms in total. The zero-order valence-corrected chi connectivity index (χ0v) is 21.0. The predicted octanol–water partition coefficient (Wildman–Crippen LogP) is 4.43. The second kappa shape index (κ2) is 9.79. The first-order chi connectivity index (χ1) is 17.0. The van der Waals surface area contributed by atoms with E-state index in [1.165, 1.54) is 12.7 Å². The van der Waals surface area contributed by atoms with Crippen LogP contribution in [0, 0.1) is 13.8 Å². The zero-order valence-electron chi connectivity index (χ0n) is 20.2. The SMILES string of the molecule is COC(=O)c1cccc(-n2c(C)cc([C@@H]3[C@@H](c4ccccn4)NC(=S)N3C[C@H]3CCCO3)c2C)c1. The summed E-state index contributed by atoms with van der Waals surface area (Å²) in [7, 11) is 1.40. The minimum atomic E-state index is -0.349. The molecule has 2 aliphatic heterocycles. The van der Waals surface area contributed by atoms with Crippen molar-refractivity contribution in [3.05, 3.63) is 82.9 Å². The van der Waals surface area contributed by atoms with E-state index >= 15 is 0 Å². The lowest BCUT2D eigenvalue weighted by Crippen LogP contribution is -2.36. The first kappa shape index (κ1) is 23.5. The van der Waals surface area contributed by atoms with Crippen LogP contribution < -0.4 is 5.32 Å². The van der Waals surface area contributed by atoms with Crippen molar-refractivity contribution in [1.29, 1.82) is 0 Å². The Balaban J connectivity index is 1.58. The fraction of sp³-hybridized carbons (Fsp3) is 0.370.